The number of hydrogen-bond acceptors (Lipinski definition) is 7. The highest BCUT2D eigenvalue weighted by atomic mass is 32.2. The van der Waals surface area contributed by atoms with E-state index in [0.717, 1.165) is 0 Å². The fourth-order valence-corrected chi connectivity index (χ4v) is 4.90. The van der Waals surface area contributed by atoms with Crippen LogP contribution in [0.5, 0.6) is 5.75 Å². The molecule has 0 aliphatic carbocycles. The van der Waals surface area contributed by atoms with Crippen molar-refractivity contribution in [2.75, 3.05) is 44.8 Å². The molecule has 1 N–H and O–H groups in total. The second kappa shape index (κ2) is 11.5. The molecule has 34 heavy (non-hydrogen) atoms. The number of carbonyl (C=O) groups is 2. The van der Waals surface area contributed by atoms with Gasteiger partial charge < -0.3 is 19.5 Å². The molecule has 0 bridgehead atoms. The van der Waals surface area contributed by atoms with Crippen LogP contribution in [0.15, 0.2) is 47.4 Å². The highest BCUT2D eigenvalue weighted by Crippen LogP contribution is 2.24. The summed E-state index contributed by atoms with van der Waals surface area (Å²) in [4.78, 5) is 24.7. The Balaban J connectivity index is 1.57. The maximum absolute atomic E-state index is 13.0. The van der Waals surface area contributed by atoms with Gasteiger partial charge in [-0.25, -0.2) is 13.2 Å². The Morgan fingerprint density at radius 2 is 1.76 bits per heavy atom. The second-order valence-corrected chi connectivity index (χ2v) is 10.3. The van der Waals surface area contributed by atoms with Gasteiger partial charge in [-0.05, 0) is 54.8 Å². The topological polar surface area (TPSA) is 111 Å². The molecule has 0 spiro atoms. The molecule has 1 heterocycles. The van der Waals surface area contributed by atoms with E-state index in [2.05, 4.69) is 5.32 Å². The van der Waals surface area contributed by atoms with Gasteiger partial charge in [0.05, 0.1) is 30.3 Å². The molecule has 2 aromatic carbocycles. The predicted octanol–water partition coefficient (Wildman–Crippen LogP) is 2.85. The van der Waals surface area contributed by atoms with Crippen molar-refractivity contribution in [3.05, 3.63) is 53.6 Å². The van der Waals surface area contributed by atoms with Crippen LogP contribution in [0.3, 0.4) is 0 Å². The third kappa shape index (κ3) is 6.78. The average Bonchev–Trinajstić information content (AvgIpc) is 2.83. The lowest BCUT2D eigenvalue weighted by atomic mass is 10.2. The number of carbonyl (C=O) groups excluding carboxylic acids is 2. The van der Waals surface area contributed by atoms with E-state index in [1.807, 2.05) is 13.8 Å². The third-order valence-electron chi connectivity index (χ3n) is 5.07. The van der Waals surface area contributed by atoms with E-state index in [0.29, 0.717) is 48.3 Å². The maximum atomic E-state index is 13.0. The molecule has 1 amide bonds. The van der Waals surface area contributed by atoms with Crippen LogP contribution < -0.4 is 10.1 Å². The number of morpholine rings is 1. The summed E-state index contributed by atoms with van der Waals surface area (Å²) in [7, 11) is -3.72. The molecular weight excluding hydrogens is 460 g/mol. The average molecular weight is 491 g/mol. The van der Waals surface area contributed by atoms with Gasteiger partial charge in [-0.2, -0.15) is 4.31 Å². The number of ether oxygens (including phenoxy) is 3. The number of benzene rings is 2. The third-order valence-corrected chi connectivity index (χ3v) is 7.11. The molecule has 0 aromatic heterocycles. The number of hydrogen-bond donors (Lipinski definition) is 1. The summed E-state index contributed by atoms with van der Waals surface area (Å²) >= 11 is 0. The van der Waals surface area contributed by atoms with Crippen molar-refractivity contribution in [2.45, 2.75) is 25.7 Å². The van der Waals surface area contributed by atoms with Crippen molar-refractivity contribution in [1.29, 1.82) is 0 Å². The smallest absolute Gasteiger partial charge is 0.338 e. The molecule has 2 aromatic rings. The number of sulfonamides is 1. The molecule has 3 rings (SSSR count). The SMILES string of the molecule is Cc1ccc(NC(=O)COC(=O)c2ccc(OCC(C)C)cc2)cc1S(=O)(=O)N1CCOCC1. The minimum absolute atomic E-state index is 0.115. The molecule has 184 valence electrons. The molecule has 1 saturated heterocycles. The second-order valence-electron chi connectivity index (χ2n) is 8.35. The Kier molecular flexibility index (Phi) is 8.65. The number of anilines is 1. The molecule has 9 nitrogen and oxygen atoms in total. The molecule has 0 unspecified atom stereocenters. The number of nitrogens with one attached hydrogen (secondary N) is 1. The summed E-state index contributed by atoms with van der Waals surface area (Å²) in [6, 6.07) is 11.1. The summed E-state index contributed by atoms with van der Waals surface area (Å²) in [5, 5.41) is 2.58. The number of rotatable bonds is 9. The monoisotopic (exact) mass is 490 g/mol. The first-order valence-corrected chi connectivity index (χ1v) is 12.5. The van der Waals surface area contributed by atoms with Crippen molar-refractivity contribution in [2.24, 2.45) is 5.92 Å². The summed E-state index contributed by atoms with van der Waals surface area (Å²) in [6.45, 7) is 7.07. The van der Waals surface area contributed by atoms with Gasteiger partial charge in [-0.15, -0.1) is 0 Å². The zero-order valence-corrected chi connectivity index (χ0v) is 20.4. The quantitative estimate of drug-likeness (QED) is 0.538. The van der Waals surface area contributed by atoms with E-state index in [4.69, 9.17) is 14.2 Å². The highest BCUT2D eigenvalue weighted by Gasteiger charge is 2.28. The molecule has 1 fully saturated rings. The van der Waals surface area contributed by atoms with Crippen molar-refractivity contribution < 1.29 is 32.2 Å². The first-order chi connectivity index (χ1) is 16.2. The van der Waals surface area contributed by atoms with E-state index in [1.54, 1.807) is 43.3 Å². The van der Waals surface area contributed by atoms with Gasteiger partial charge in [0.25, 0.3) is 5.91 Å². The van der Waals surface area contributed by atoms with Crippen molar-refractivity contribution in [3.8, 4) is 5.75 Å². The van der Waals surface area contributed by atoms with Crippen LogP contribution in [0.4, 0.5) is 5.69 Å². The van der Waals surface area contributed by atoms with Crippen LogP contribution in [0.1, 0.15) is 29.8 Å². The highest BCUT2D eigenvalue weighted by molar-refractivity contribution is 7.89. The summed E-state index contributed by atoms with van der Waals surface area (Å²) < 4.78 is 43.3. The van der Waals surface area contributed by atoms with Gasteiger partial charge in [0, 0.05) is 18.8 Å². The molecule has 0 atom stereocenters. The van der Waals surface area contributed by atoms with E-state index in [-0.39, 0.29) is 18.0 Å². The Hall–Kier alpha value is -2.95. The molecule has 10 heteroatoms. The molecule has 0 radical (unpaired) electrons. The molecule has 0 saturated carbocycles. The van der Waals surface area contributed by atoms with E-state index >= 15 is 0 Å². The Morgan fingerprint density at radius 1 is 1.09 bits per heavy atom. The van der Waals surface area contributed by atoms with Crippen molar-refractivity contribution in [3.63, 3.8) is 0 Å². The minimum atomic E-state index is -3.72. The van der Waals surface area contributed by atoms with Crippen molar-refractivity contribution >= 4 is 27.6 Å². The molecule has 1 aliphatic heterocycles. The zero-order chi connectivity index (χ0) is 24.7. The van der Waals surface area contributed by atoms with Crippen LogP contribution in [-0.2, 0) is 24.3 Å². The van der Waals surface area contributed by atoms with Crippen LogP contribution in [-0.4, -0.2) is 64.1 Å². The zero-order valence-electron chi connectivity index (χ0n) is 19.6. The van der Waals surface area contributed by atoms with Gasteiger partial charge in [-0.1, -0.05) is 19.9 Å². The van der Waals surface area contributed by atoms with Crippen LogP contribution in [0.25, 0.3) is 0 Å². The van der Waals surface area contributed by atoms with E-state index in [1.165, 1.54) is 10.4 Å². The Bertz CT molecular complexity index is 1110. The normalized spacial score (nSPS) is 14.6. The first kappa shape index (κ1) is 25.7. The fourth-order valence-electron chi connectivity index (χ4n) is 3.24. The van der Waals surface area contributed by atoms with E-state index in [9.17, 15) is 18.0 Å². The Labute approximate surface area is 200 Å². The Morgan fingerprint density at radius 3 is 2.41 bits per heavy atom. The van der Waals surface area contributed by atoms with Crippen LogP contribution in [0, 0.1) is 12.8 Å². The van der Waals surface area contributed by atoms with Gasteiger partial charge >= 0.3 is 5.97 Å². The van der Waals surface area contributed by atoms with Gasteiger partial charge in [0.1, 0.15) is 5.75 Å². The summed E-state index contributed by atoms with van der Waals surface area (Å²) in [6.07, 6.45) is 0. The summed E-state index contributed by atoms with van der Waals surface area (Å²) in [5.41, 5.74) is 1.15. The van der Waals surface area contributed by atoms with Crippen molar-refractivity contribution in [1.82, 2.24) is 4.31 Å². The standard InChI is InChI=1S/C24H30N2O7S/c1-17(2)15-32-21-8-5-19(6-9-21)24(28)33-16-23(27)25-20-7-4-18(3)22(14-20)34(29,30)26-10-12-31-13-11-26/h4-9,14,17H,10-13,15-16H2,1-3H3,(H,25,27). The molecular formula is C24H30N2O7S. The molecule has 1 aliphatic rings. The largest absolute Gasteiger partial charge is 0.493 e. The predicted molar refractivity (Wildman–Crippen MR) is 126 cm³/mol. The van der Waals surface area contributed by atoms with Gasteiger partial charge in [-0.3, -0.25) is 4.79 Å². The van der Waals surface area contributed by atoms with E-state index < -0.39 is 28.5 Å². The summed E-state index contributed by atoms with van der Waals surface area (Å²) in [5.74, 6) is -0.203. The lowest BCUT2D eigenvalue weighted by Gasteiger charge is -2.26. The number of esters is 1. The number of nitrogens with zero attached hydrogens (tertiary/aromatic N) is 1. The first-order valence-electron chi connectivity index (χ1n) is 11.0. The van der Waals surface area contributed by atoms with Gasteiger partial charge in [0.2, 0.25) is 10.0 Å². The van der Waals surface area contributed by atoms with Crippen LogP contribution in [0.2, 0.25) is 0 Å². The van der Waals surface area contributed by atoms with Crippen LogP contribution >= 0.6 is 0 Å². The maximum Gasteiger partial charge on any atom is 0.338 e. The lowest BCUT2D eigenvalue weighted by Crippen LogP contribution is -2.40. The number of aryl methyl sites for hydroxylation is 1. The lowest BCUT2D eigenvalue weighted by molar-refractivity contribution is -0.119. The number of amides is 1. The van der Waals surface area contributed by atoms with Gasteiger partial charge in [0.15, 0.2) is 6.61 Å². The minimum Gasteiger partial charge on any atom is -0.493 e. The fraction of sp³-hybridized carbons (Fsp3) is 0.417.